The molecular formula is C19H22N6. The van der Waals surface area contributed by atoms with Crippen molar-refractivity contribution in [2.24, 2.45) is 10.7 Å². The highest BCUT2D eigenvalue weighted by atomic mass is 15.3. The van der Waals surface area contributed by atoms with E-state index in [0.717, 1.165) is 29.1 Å². The smallest absolute Gasteiger partial charge is 0.188 e. The monoisotopic (exact) mass is 334 g/mol. The Balaban J connectivity index is 1.55. The standard InChI is InChI=1S/C19H22N6/c1-15-16(14-25(24-15)18-8-3-2-4-9-18)13-23-19(20)22-12-10-17-7-5-6-11-21-17/h2-9,11,14H,10,12-13H2,1H3,(H3,20,22,23). The van der Waals surface area contributed by atoms with E-state index in [1.807, 2.05) is 66.3 Å². The molecule has 0 bridgehead atoms. The molecule has 0 aliphatic rings. The summed E-state index contributed by atoms with van der Waals surface area (Å²) in [5, 5.41) is 7.66. The van der Waals surface area contributed by atoms with E-state index >= 15 is 0 Å². The molecule has 25 heavy (non-hydrogen) atoms. The number of pyridine rings is 1. The maximum atomic E-state index is 5.94. The molecule has 6 heteroatoms. The van der Waals surface area contributed by atoms with E-state index in [-0.39, 0.29) is 0 Å². The minimum absolute atomic E-state index is 0.433. The summed E-state index contributed by atoms with van der Waals surface area (Å²) in [7, 11) is 0. The first-order valence-electron chi connectivity index (χ1n) is 8.26. The molecule has 0 unspecified atom stereocenters. The Morgan fingerprint density at radius 2 is 1.96 bits per heavy atom. The van der Waals surface area contributed by atoms with Gasteiger partial charge in [-0.15, -0.1) is 0 Å². The molecule has 0 spiro atoms. The second-order valence-corrected chi connectivity index (χ2v) is 5.72. The zero-order chi connectivity index (χ0) is 17.5. The van der Waals surface area contributed by atoms with Crippen LogP contribution in [0.4, 0.5) is 0 Å². The second-order valence-electron chi connectivity index (χ2n) is 5.72. The number of hydrogen-bond donors (Lipinski definition) is 2. The molecule has 6 nitrogen and oxygen atoms in total. The van der Waals surface area contributed by atoms with Crippen molar-refractivity contribution in [2.45, 2.75) is 19.9 Å². The Bertz CT molecular complexity index is 824. The highest BCUT2D eigenvalue weighted by Gasteiger charge is 2.06. The van der Waals surface area contributed by atoms with Crippen LogP contribution < -0.4 is 11.1 Å². The number of nitrogens with two attached hydrogens (primary N) is 1. The first kappa shape index (κ1) is 16.7. The van der Waals surface area contributed by atoms with E-state index in [9.17, 15) is 0 Å². The van der Waals surface area contributed by atoms with Crippen molar-refractivity contribution in [3.63, 3.8) is 0 Å². The molecule has 0 aliphatic carbocycles. The fourth-order valence-electron chi connectivity index (χ4n) is 2.45. The minimum Gasteiger partial charge on any atom is -0.370 e. The Labute approximate surface area is 147 Å². The highest BCUT2D eigenvalue weighted by molar-refractivity contribution is 5.77. The van der Waals surface area contributed by atoms with Gasteiger partial charge >= 0.3 is 0 Å². The van der Waals surface area contributed by atoms with Crippen LogP contribution in [0.5, 0.6) is 0 Å². The summed E-state index contributed by atoms with van der Waals surface area (Å²) < 4.78 is 1.87. The Kier molecular flexibility index (Phi) is 5.41. The average Bonchev–Trinajstić information content (AvgIpc) is 3.02. The molecule has 128 valence electrons. The van der Waals surface area contributed by atoms with Crippen LogP contribution in [0.2, 0.25) is 0 Å². The van der Waals surface area contributed by atoms with Gasteiger partial charge in [-0.2, -0.15) is 5.10 Å². The van der Waals surface area contributed by atoms with Gasteiger partial charge in [0.15, 0.2) is 5.96 Å². The zero-order valence-electron chi connectivity index (χ0n) is 14.3. The van der Waals surface area contributed by atoms with Crippen molar-refractivity contribution in [3.8, 4) is 5.69 Å². The quantitative estimate of drug-likeness (QED) is 0.535. The van der Waals surface area contributed by atoms with Gasteiger partial charge in [0.2, 0.25) is 0 Å². The van der Waals surface area contributed by atoms with Gasteiger partial charge in [0.1, 0.15) is 0 Å². The van der Waals surface area contributed by atoms with E-state index < -0.39 is 0 Å². The maximum Gasteiger partial charge on any atom is 0.188 e. The highest BCUT2D eigenvalue weighted by Crippen LogP contribution is 2.12. The molecular weight excluding hydrogens is 312 g/mol. The van der Waals surface area contributed by atoms with E-state index in [2.05, 4.69) is 20.4 Å². The predicted octanol–water partition coefficient (Wildman–Crippen LogP) is 2.22. The van der Waals surface area contributed by atoms with Gasteiger partial charge in [-0.1, -0.05) is 24.3 Å². The molecule has 0 amide bonds. The summed E-state index contributed by atoms with van der Waals surface area (Å²) in [6.45, 7) is 3.19. The van der Waals surface area contributed by atoms with Crippen LogP contribution in [-0.2, 0) is 13.0 Å². The largest absolute Gasteiger partial charge is 0.370 e. The van der Waals surface area contributed by atoms with Crippen LogP contribution in [0.3, 0.4) is 0 Å². The third-order valence-electron chi connectivity index (χ3n) is 3.85. The van der Waals surface area contributed by atoms with Crippen molar-refractivity contribution in [1.29, 1.82) is 0 Å². The molecule has 0 atom stereocenters. The van der Waals surface area contributed by atoms with Gasteiger partial charge in [-0.25, -0.2) is 9.67 Å². The molecule has 3 N–H and O–H groups in total. The van der Waals surface area contributed by atoms with E-state index in [4.69, 9.17) is 5.73 Å². The lowest BCUT2D eigenvalue weighted by molar-refractivity contribution is 0.827. The number of para-hydroxylation sites is 1. The third-order valence-corrected chi connectivity index (χ3v) is 3.85. The van der Waals surface area contributed by atoms with Crippen LogP contribution in [0.1, 0.15) is 17.0 Å². The van der Waals surface area contributed by atoms with Gasteiger partial charge in [0, 0.05) is 36.6 Å². The number of rotatable bonds is 6. The normalized spacial score (nSPS) is 11.5. The fraction of sp³-hybridized carbons (Fsp3) is 0.211. The van der Waals surface area contributed by atoms with Crippen LogP contribution in [0.25, 0.3) is 5.69 Å². The lowest BCUT2D eigenvalue weighted by Crippen LogP contribution is -2.33. The molecule has 0 fully saturated rings. The van der Waals surface area contributed by atoms with E-state index in [1.165, 1.54) is 0 Å². The number of aromatic nitrogens is 3. The number of guanidine groups is 1. The van der Waals surface area contributed by atoms with Crippen LogP contribution in [0.15, 0.2) is 65.9 Å². The number of hydrogen-bond acceptors (Lipinski definition) is 3. The van der Waals surface area contributed by atoms with E-state index in [0.29, 0.717) is 19.0 Å². The fourth-order valence-corrected chi connectivity index (χ4v) is 2.45. The molecule has 1 aromatic carbocycles. The number of benzene rings is 1. The van der Waals surface area contributed by atoms with Crippen LogP contribution in [-0.4, -0.2) is 27.3 Å². The van der Waals surface area contributed by atoms with Gasteiger partial charge in [0.05, 0.1) is 17.9 Å². The first-order valence-corrected chi connectivity index (χ1v) is 8.26. The number of nitrogens with one attached hydrogen (secondary N) is 1. The Morgan fingerprint density at radius 1 is 1.16 bits per heavy atom. The molecule has 0 radical (unpaired) electrons. The van der Waals surface area contributed by atoms with Crippen molar-refractivity contribution >= 4 is 5.96 Å². The first-order chi connectivity index (χ1) is 12.2. The summed E-state index contributed by atoms with van der Waals surface area (Å²) in [6, 6.07) is 15.9. The molecule has 3 aromatic rings. The number of aryl methyl sites for hydroxylation is 1. The number of nitrogens with zero attached hydrogens (tertiary/aromatic N) is 4. The van der Waals surface area contributed by atoms with Gasteiger partial charge in [0.25, 0.3) is 0 Å². The van der Waals surface area contributed by atoms with E-state index in [1.54, 1.807) is 6.20 Å². The van der Waals surface area contributed by atoms with Crippen molar-refractivity contribution in [3.05, 3.63) is 77.9 Å². The molecule has 0 saturated carbocycles. The minimum atomic E-state index is 0.433. The van der Waals surface area contributed by atoms with Crippen LogP contribution >= 0.6 is 0 Å². The Hall–Kier alpha value is -3.15. The Morgan fingerprint density at radius 3 is 2.72 bits per heavy atom. The molecule has 0 saturated heterocycles. The third kappa shape index (κ3) is 4.67. The van der Waals surface area contributed by atoms with Crippen molar-refractivity contribution in [2.75, 3.05) is 6.54 Å². The summed E-state index contributed by atoms with van der Waals surface area (Å²) in [4.78, 5) is 8.68. The predicted molar refractivity (Wildman–Crippen MR) is 99.6 cm³/mol. The lowest BCUT2D eigenvalue weighted by atomic mass is 10.2. The number of aliphatic imine (C=N–C) groups is 1. The second kappa shape index (κ2) is 8.10. The average molecular weight is 334 g/mol. The molecule has 3 rings (SSSR count). The SMILES string of the molecule is Cc1nn(-c2ccccc2)cc1CN=C(N)NCCc1ccccn1. The summed E-state index contributed by atoms with van der Waals surface area (Å²) in [5.74, 6) is 0.433. The summed E-state index contributed by atoms with van der Waals surface area (Å²) in [6.07, 6.45) is 4.59. The molecule has 0 aliphatic heterocycles. The topological polar surface area (TPSA) is 81.1 Å². The molecule has 2 heterocycles. The zero-order valence-corrected chi connectivity index (χ0v) is 14.3. The van der Waals surface area contributed by atoms with Crippen LogP contribution in [0, 0.1) is 6.92 Å². The van der Waals surface area contributed by atoms with Gasteiger partial charge < -0.3 is 11.1 Å². The lowest BCUT2D eigenvalue weighted by Gasteiger charge is -2.05. The molecule has 2 aromatic heterocycles. The maximum absolute atomic E-state index is 5.94. The van der Waals surface area contributed by atoms with Gasteiger partial charge in [-0.3, -0.25) is 4.98 Å². The summed E-state index contributed by atoms with van der Waals surface area (Å²) in [5.41, 5.74) is 10.0. The van der Waals surface area contributed by atoms with Crippen molar-refractivity contribution < 1.29 is 0 Å². The van der Waals surface area contributed by atoms with Crippen molar-refractivity contribution in [1.82, 2.24) is 20.1 Å². The van der Waals surface area contributed by atoms with Gasteiger partial charge in [-0.05, 0) is 31.2 Å². The summed E-state index contributed by atoms with van der Waals surface area (Å²) >= 11 is 0.